The van der Waals surface area contributed by atoms with Gasteiger partial charge in [-0.2, -0.15) is 0 Å². The van der Waals surface area contributed by atoms with Crippen LogP contribution in [-0.2, 0) is 9.09 Å². The standard InChI is InChI=1S/C8H19O4P/c1-5-7(6-2)12-13(10,11)8(3,4)9/h7,9H,5-6H2,1-4H3,(H,10,11). The first-order valence-corrected chi connectivity index (χ1v) is 6.06. The Kier molecular flexibility index (Phi) is 4.60. The summed E-state index contributed by atoms with van der Waals surface area (Å²) in [6, 6.07) is 0. The molecule has 0 bridgehead atoms. The van der Waals surface area contributed by atoms with Gasteiger partial charge in [-0.05, 0) is 26.7 Å². The molecule has 0 aromatic rings. The SMILES string of the molecule is CCC(CC)OP(=O)(O)C(C)(C)O. The van der Waals surface area contributed by atoms with Gasteiger partial charge in [-0.25, -0.2) is 0 Å². The highest BCUT2D eigenvalue weighted by atomic mass is 31.2. The summed E-state index contributed by atoms with van der Waals surface area (Å²) in [4.78, 5) is 9.37. The molecule has 1 atom stereocenters. The lowest BCUT2D eigenvalue weighted by Gasteiger charge is -2.27. The van der Waals surface area contributed by atoms with Crippen molar-refractivity contribution >= 4 is 7.60 Å². The Bertz CT molecular complexity index is 193. The summed E-state index contributed by atoms with van der Waals surface area (Å²) in [6.45, 7) is 6.30. The second-order valence-electron chi connectivity index (χ2n) is 3.56. The Hall–Kier alpha value is 0.110. The molecule has 0 radical (unpaired) electrons. The van der Waals surface area contributed by atoms with Crippen molar-refractivity contribution in [2.45, 2.75) is 52.0 Å². The highest BCUT2D eigenvalue weighted by Crippen LogP contribution is 2.54. The van der Waals surface area contributed by atoms with Gasteiger partial charge in [0.05, 0.1) is 6.10 Å². The summed E-state index contributed by atoms with van der Waals surface area (Å²) in [7, 11) is -3.91. The molecular formula is C8H19O4P. The van der Waals surface area contributed by atoms with Gasteiger partial charge in [0.25, 0.3) is 0 Å². The predicted octanol–water partition coefficient (Wildman–Crippen LogP) is 2.11. The molecule has 1 unspecified atom stereocenters. The van der Waals surface area contributed by atoms with Gasteiger partial charge in [-0.15, -0.1) is 0 Å². The first kappa shape index (κ1) is 13.1. The van der Waals surface area contributed by atoms with Crippen LogP contribution < -0.4 is 0 Å². The van der Waals surface area contributed by atoms with E-state index in [1.54, 1.807) is 0 Å². The topological polar surface area (TPSA) is 66.8 Å². The molecule has 0 amide bonds. The number of hydrogen-bond acceptors (Lipinski definition) is 3. The predicted molar refractivity (Wildman–Crippen MR) is 51.6 cm³/mol. The minimum absolute atomic E-state index is 0.262. The maximum atomic E-state index is 11.4. The second-order valence-corrected chi connectivity index (χ2v) is 5.90. The second kappa shape index (κ2) is 4.56. The van der Waals surface area contributed by atoms with Crippen molar-refractivity contribution in [3.05, 3.63) is 0 Å². The average Bonchev–Trinajstić information content (AvgIpc) is 1.98. The van der Waals surface area contributed by atoms with E-state index in [1.807, 2.05) is 13.8 Å². The molecule has 80 valence electrons. The summed E-state index contributed by atoms with van der Waals surface area (Å²) in [5.41, 5.74) is 0. The van der Waals surface area contributed by atoms with E-state index in [2.05, 4.69) is 0 Å². The lowest BCUT2D eigenvalue weighted by molar-refractivity contribution is 0.0842. The number of aliphatic hydroxyl groups is 1. The Morgan fingerprint density at radius 3 is 2.00 bits per heavy atom. The summed E-state index contributed by atoms with van der Waals surface area (Å²) in [5.74, 6) is 0. The van der Waals surface area contributed by atoms with Gasteiger partial charge < -0.3 is 14.5 Å². The van der Waals surface area contributed by atoms with Crippen LogP contribution in [0.3, 0.4) is 0 Å². The Balaban J connectivity index is 4.42. The molecule has 0 saturated carbocycles. The average molecular weight is 210 g/mol. The fourth-order valence-electron chi connectivity index (χ4n) is 0.769. The Morgan fingerprint density at radius 2 is 1.77 bits per heavy atom. The summed E-state index contributed by atoms with van der Waals surface area (Å²) >= 11 is 0. The van der Waals surface area contributed by atoms with E-state index in [-0.39, 0.29) is 6.10 Å². The number of hydrogen-bond donors (Lipinski definition) is 2. The molecule has 5 heteroatoms. The molecule has 0 spiro atoms. The number of rotatable bonds is 5. The first-order chi connectivity index (χ1) is 5.74. The smallest absolute Gasteiger partial charge is 0.359 e. The molecule has 0 saturated heterocycles. The van der Waals surface area contributed by atoms with Crippen LogP contribution in [0.2, 0.25) is 0 Å². The molecule has 0 heterocycles. The molecule has 13 heavy (non-hydrogen) atoms. The van der Waals surface area contributed by atoms with E-state index >= 15 is 0 Å². The lowest BCUT2D eigenvalue weighted by Crippen LogP contribution is -2.23. The Labute approximate surface area is 79.5 Å². The maximum Gasteiger partial charge on any atom is 0.359 e. The van der Waals surface area contributed by atoms with Crippen LogP contribution in [0.4, 0.5) is 0 Å². The molecule has 4 nitrogen and oxygen atoms in total. The van der Waals surface area contributed by atoms with Crippen LogP contribution >= 0.6 is 7.60 Å². The third-order valence-electron chi connectivity index (χ3n) is 1.89. The van der Waals surface area contributed by atoms with Crippen LogP contribution in [-0.4, -0.2) is 21.4 Å². The first-order valence-electron chi connectivity index (χ1n) is 4.48. The van der Waals surface area contributed by atoms with E-state index in [0.29, 0.717) is 12.8 Å². The van der Waals surface area contributed by atoms with Gasteiger partial charge in [0.15, 0.2) is 5.34 Å². The quantitative estimate of drug-likeness (QED) is 0.682. The van der Waals surface area contributed by atoms with Crippen LogP contribution in [0.15, 0.2) is 0 Å². The summed E-state index contributed by atoms with van der Waals surface area (Å²) in [6.07, 6.45) is 1.07. The fourth-order valence-corrected chi connectivity index (χ4v) is 1.73. The van der Waals surface area contributed by atoms with Gasteiger partial charge in [0, 0.05) is 0 Å². The normalized spacial score (nSPS) is 17.5. The van der Waals surface area contributed by atoms with Crippen molar-refractivity contribution in [3.63, 3.8) is 0 Å². The van der Waals surface area contributed by atoms with Gasteiger partial charge >= 0.3 is 7.60 Å². The molecule has 0 aromatic heterocycles. The van der Waals surface area contributed by atoms with Crippen LogP contribution in [0.1, 0.15) is 40.5 Å². The third-order valence-corrected chi connectivity index (χ3v) is 3.86. The highest BCUT2D eigenvalue weighted by Gasteiger charge is 2.40. The molecule has 0 aromatic carbocycles. The fraction of sp³-hybridized carbons (Fsp3) is 1.00. The molecule has 2 N–H and O–H groups in total. The maximum absolute atomic E-state index is 11.4. The molecule has 0 aliphatic rings. The molecular weight excluding hydrogens is 191 g/mol. The lowest BCUT2D eigenvalue weighted by atomic mass is 10.2. The molecule has 0 rings (SSSR count). The van der Waals surface area contributed by atoms with E-state index < -0.39 is 12.9 Å². The van der Waals surface area contributed by atoms with Crippen LogP contribution in [0.25, 0.3) is 0 Å². The zero-order chi connectivity index (χ0) is 10.7. The minimum atomic E-state index is -3.91. The van der Waals surface area contributed by atoms with E-state index in [9.17, 15) is 14.6 Å². The van der Waals surface area contributed by atoms with Crippen LogP contribution in [0, 0.1) is 0 Å². The van der Waals surface area contributed by atoms with Crippen molar-refractivity contribution in [2.75, 3.05) is 0 Å². The van der Waals surface area contributed by atoms with Gasteiger partial charge in [0.2, 0.25) is 0 Å². The minimum Gasteiger partial charge on any atom is -0.378 e. The van der Waals surface area contributed by atoms with E-state index in [1.165, 1.54) is 13.8 Å². The molecule has 0 aliphatic heterocycles. The van der Waals surface area contributed by atoms with Crippen molar-refractivity contribution < 1.29 is 19.1 Å². The van der Waals surface area contributed by atoms with Crippen molar-refractivity contribution in [3.8, 4) is 0 Å². The summed E-state index contributed by atoms with van der Waals surface area (Å²) in [5, 5.41) is 7.66. The monoisotopic (exact) mass is 210 g/mol. The van der Waals surface area contributed by atoms with Gasteiger partial charge in [0.1, 0.15) is 0 Å². The molecule has 0 aliphatic carbocycles. The van der Waals surface area contributed by atoms with Crippen LogP contribution in [0.5, 0.6) is 0 Å². The summed E-state index contributed by atoms with van der Waals surface area (Å²) < 4.78 is 16.4. The highest BCUT2D eigenvalue weighted by molar-refractivity contribution is 7.54. The van der Waals surface area contributed by atoms with Crippen molar-refractivity contribution in [1.29, 1.82) is 0 Å². The third kappa shape index (κ3) is 3.77. The van der Waals surface area contributed by atoms with Crippen molar-refractivity contribution in [2.24, 2.45) is 0 Å². The molecule has 0 fully saturated rings. The largest absolute Gasteiger partial charge is 0.378 e. The zero-order valence-electron chi connectivity index (χ0n) is 8.65. The van der Waals surface area contributed by atoms with E-state index in [4.69, 9.17) is 4.52 Å². The van der Waals surface area contributed by atoms with Gasteiger partial charge in [-0.3, -0.25) is 4.57 Å². The van der Waals surface area contributed by atoms with Crippen molar-refractivity contribution in [1.82, 2.24) is 0 Å². The van der Waals surface area contributed by atoms with Gasteiger partial charge in [-0.1, -0.05) is 13.8 Å². The zero-order valence-corrected chi connectivity index (χ0v) is 9.54. The Morgan fingerprint density at radius 1 is 1.38 bits per heavy atom. The van der Waals surface area contributed by atoms with E-state index in [0.717, 1.165) is 0 Å².